The Bertz CT molecular complexity index is 683. The molecular formula is C18H20Cl2N2O. The summed E-state index contributed by atoms with van der Waals surface area (Å²) in [5, 5.41) is 7.06. The van der Waals surface area contributed by atoms with Crippen molar-refractivity contribution in [3.63, 3.8) is 0 Å². The lowest BCUT2D eigenvalue weighted by molar-refractivity contribution is 0.0949. The normalized spacial score (nSPS) is 16.2. The van der Waals surface area contributed by atoms with Crippen molar-refractivity contribution in [1.29, 1.82) is 0 Å². The van der Waals surface area contributed by atoms with Gasteiger partial charge in [0, 0.05) is 23.2 Å². The van der Waals surface area contributed by atoms with Crippen LogP contribution in [0, 0.1) is 6.92 Å². The van der Waals surface area contributed by atoms with Gasteiger partial charge in [-0.2, -0.15) is 0 Å². The largest absolute Gasteiger partial charge is 0.350 e. The van der Waals surface area contributed by atoms with Crippen LogP contribution in [0.5, 0.6) is 0 Å². The Morgan fingerprint density at radius 3 is 2.87 bits per heavy atom. The van der Waals surface area contributed by atoms with Gasteiger partial charge in [-0.05, 0) is 54.8 Å². The van der Waals surface area contributed by atoms with Gasteiger partial charge in [0.05, 0.1) is 0 Å². The summed E-state index contributed by atoms with van der Waals surface area (Å²) in [6.45, 7) is 3.44. The minimum absolute atomic E-state index is 0. The molecule has 2 aromatic carbocycles. The van der Waals surface area contributed by atoms with Crippen LogP contribution in [0.3, 0.4) is 0 Å². The average Bonchev–Trinajstić information content (AvgIpc) is 2.51. The third-order valence-electron chi connectivity index (χ3n) is 3.99. The summed E-state index contributed by atoms with van der Waals surface area (Å²) in [6.07, 6.45) is 1.04. The van der Waals surface area contributed by atoms with Crippen LogP contribution < -0.4 is 10.6 Å². The van der Waals surface area contributed by atoms with Crippen LogP contribution in [0.25, 0.3) is 0 Å². The maximum Gasteiger partial charge on any atom is 0.251 e. The van der Waals surface area contributed by atoms with Crippen molar-refractivity contribution in [3.8, 4) is 0 Å². The minimum atomic E-state index is -0.0875. The van der Waals surface area contributed by atoms with E-state index in [1.54, 1.807) is 6.07 Å². The number of aryl methyl sites for hydroxylation is 1. The van der Waals surface area contributed by atoms with E-state index in [1.165, 1.54) is 11.1 Å². The molecule has 0 saturated heterocycles. The molecule has 1 unspecified atom stereocenters. The molecule has 0 fully saturated rings. The number of hydrogen-bond acceptors (Lipinski definition) is 2. The fourth-order valence-corrected chi connectivity index (χ4v) is 3.23. The topological polar surface area (TPSA) is 41.1 Å². The summed E-state index contributed by atoms with van der Waals surface area (Å²) < 4.78 is 0. The summed E-state index contributed by atoms with van der Waals surface area (Å²) in [4.78, 5) is 12.3. The van der Waals surface area contributed by atoms with E-state index < -0.39 is 0 Å². The highest BCUT2D eigenvalue weighted by atomic mass is 35.5. The summed E-state index contributed by atoms with van der Waals surface area (Å²) in [6, 6.07) is 13.9. The van der Waals surface area contributed by atoms with Gasteiger partial charge in [0.1, 0.15) is 0 Å². The fraction of sp³-hybridized carbons (Fsp3) is 0.278. The van der Waals surface area contributed by atoms with Crippen molar-refractivity contribution < 1.29 is 4.79 Å². The van der Waals surface area contributed by atoms with Crippen molar-refractivity contribution in [1.82, 2.24) is 10.6 Å². The standard InChI is InChI=1S/C18H19ClN2O.ClH/c1-12-8-14(10-15(19)9-12)18(22)21-11-17-16-5-3-2-4-13(16)6-7-20-17;/h2-5,8-10,17,20H,6-7,11H2,1H3,(H,21,22);1H. The molecule has 122 valence electrons. The first-order valence-corrected chi connectivity index (χ1v) is 7.88. The number of hydrogen-bond donors (Lipinski definition) is 2. The van der Waals surface area contributed by atoms with Crippen LogP contribution in [0.2, 0.25) is 5.02 Å². The number of amides is 1. The predicted octanol–water partition coefficient (Wildman–Crippen LogP) is 3.69. The van der Waals surface area contributed by atoms with E-state index in [4.69, 9.17) is 11.6 Å². The van der Waals surface area contributed by atoms with E-state index in [1.807, 2.05) is 25.1 Å². The lowest BCUT2D eigenvalue weighted by atomic mass is 9.94. The first-order valence-electron chi connectivity index (χ1n) is 7.50. The summed E-state index contributed by atoms with van der Waals surface area (Å²) in [5.74, 6) is -0.0875. The molecule has 2 aromatic rings. The quantitative estimate of drug-likeness (QED) is 0.886. The average molecular weight is 351 g/mol. The Labute approximate surface area is 147 Å². The van der Waals surface area contributed by atoms with Gasteiger partial charge in [0.15, 0.2) is 0 Å². The molecule has 0 radical (unpaired) electrons. The van der Waals surface area contributed by atoms with Crippen molar-refractivity contribution in [2.45, 2.75) is 19.4 Å². The van der Waals surface area contributed by atoms with E-state index in [-0.39, 0.29) is 24.4 Å². The molecule has 1 amide bonds. The minimum Gasteiger partial charge on any atom is -0.350 e. The smallest absolute Gasteiger partial charge is 0.251 e. The molecule has 1 aliphatic rings. The molecule has 3 rings (SSSR count). The third kappa shape index (κ3) is 4.25. The number of benzene rings is 2. The van der Waals surface area contributed by atoms with Crippen molar-refractivity contribution in [3.05, 3.63) is 69.7 Å². The van der Waals surface area contributed by atoms with Crippen molar-refractivity contribution in [2.75, 3.05) is 13.1 Å². The van der Waals surface area contributed by atoms with Crippen LogP contribution in [-0.2, 0) is 6.42 Å². The van der Waals surface area contributed by atoms with E-state index in [0.717, 1.165) is 18.5 Å². The van der Waals surface area contributed by atoms with Gasteiger partial charge in [-0.15, -0.1) is 12.4 Å². The van der Waals surface area contributed by atoms with Gasteiger partial charge >= 0.3 is 0 Å². The first-order chi connectivity index (χ1) is 10.6. The second-order valence-electron chi connectivity index (χ2n) is 5.68. The summed E-state index contributed by atoms with van der Waals surface area (Å²) >= 11 is 6.02. The molecule has 1 heterocycles. The van der Waals surface area contributed by atoms with Crippen LogP contribution >= 0.6 is 24.0 Å². The van der Waals surface area contributed by atoms with Gasteiger partial charge in [0.2, 0.25) is 0 Å². The molecule has 3 nitrogen and oxygen atoms in total. The Hall–Kier alpha value is -1.55. The second-order valence-corrected chi connectivity index (χ2v) is 6.12. The zero-order chi connectivity index (χ0) is 15.5. The number of rotatable bonds is 3. The highest BCUT2D eigenvalue weighted by Gasteiger charge is 2.19. The maximum atomic E-state index is 12.3. The molecule has 0 aromatic heterocycles. The second kappa shape index (κ2) is 7.82. The van der Waals surface area contributed by atoms with Gasteiger partial charge < -0.3 is 10.6 Å². The lowest BCUT2D eigenvalue weighted by Gasteiger charge is -2.27. The summed E-state index contributed by atoms with van der Waals surface area (Å²) in [7, 11) is 0. The number of carbonyl (C=O) groups excluding carboxylic acids is 1. The van der Waals surface area contributed by atoms with Crippen LogP contribution in [0.4, 0.5) is 0 Å². The van der Waals surface area contributed by atoms with E-state index in [2.05, 4.69) is 28.8 Å². The number of fused-ring (bicyclic) bond motifs is 1. The number of halogens is 2. The number of nitrogens with one attached hydrogen (secondary N) is 2. The molecule has 0 spiro atoms. The first kappa shape index (κ1) is 17.8. The number of carbonyl (C=O) groups is 1. The van der Waals surface area contributed by atoms with Gasteiger partial charge in [0.25, 0.3) is 5.91 Å². The Morgan fingerprint density at radius 1 is 1.30 bits per heavy atom. The van der Waals surface area contributed by atoms with Crippen LogP contribution in [0.15, 0.2) is 42.5 Å². The SMILES string of the molecule is Cc1cc(Cl)cc(C(=O)NCC2NCCc3ccccc32)c1.Cl. The molecule has 1 aliphatic heterocycles. The van der Waals surface area contributed by atoms with Crippen LogP contribution in [0.1, 0.15) is 33.1 Å². The van der Waals surface area contributed by atoms with Gasteiger partial charge in [-0.3, -0.25) is 4.79 Å². The molecule has 0 bridgehead atoms. The van der Waals surface area contributed by atoms with Gasteiger partial charge in [-0.1, -0.05) is 35.9 Å². The van der Waals surface area contributed by atoms with Gasteiger partial charge in [-0.25, -0.2) is 0 Å². The lowest BCUT2D eigenvalue weighted by Crippen LogP contribution is -2.38. The third-order valence-corrected chi connectivity index (χ3v) is 4.20. The summed E-state index contributed by atoms with van der Waals surface area (Å²) in [5.41, 5.74) is 4.23. The molecular weight excluding hydrogens is 331 g/mol. The monoisotopic (exact) mass is 350 g/mol. The molecule has 0 aliphatic carbocycles. The zero-order valence-electron chi connectivity index (χ0n) is 12.9. The molecule has 1 atom stereocenters. The van der Waals surface area contributed by atoms with E-state index in [0.29, 0.717) is 17.1 Å². The Balaban J connectivity index is 0.00000192. The maximum absolute atomic E-state index is 12.3. The molecule has 5 heteroatoms. The molecule has 23 heavy (non-hydrogen) atoms. The van der Waals surface area contributed by atoms with Crippen molar-refractivity contribution in [2.24, 2.45) is 0 Å². The molecule has 2 N–H and O–H groups in total. The molecule has 0 saturated carbocycles. The highest BCUT2D eigenvalue weighted by Crippen LogP contribution is 2.22. The van der Waals surface area contributed by atoms with Crippen LogP contribution in [-0.4, -0.2) is 19.0 Å². The highest BCUT2D eigenvalue weighted by molar-refractivity contribution is 6.31. The van der Waals surface area contributed by atoms with E-state index in [9.17, 15) is 4.79 Å². The van der Waals surface area contributed by atoms with E-state index >= 15 is 0 Å². The fourth-order valence-electron chi connectivity index (χ4n) is 2.94. The Morgan fingerprint density at radius 2 is 2.09 bits per heavy atom. The predicted molar refractivity (Wildman–Crippen MR) is 96.7 cm³/mol. The zero-order valence-corrected chi connectivity index (χ0v) is 14.5. The van der Waals surface area contributed by atoms with Crippen molar-refractivity contribution >= 4 is 29.9 Å². The Kier molecular flexibility index (Phi) is 6.05.